The van der Waals surface area contributed by atoms with E-state index in [9.17, 15) is 19.5 Å². The van der Waals surface area contributed by atoms with E-state index in [0.717, 1.165) is 0 Å². The second-order valence-electron chi connectivity index (χ2n) is 7.16. The summed E-state index contributed by atoms with van der Waals surface area (Å²) in [5, 5.41) is 12.9. The second-order valence-corrected chi connectivity index (χ2v) is 7.16. The lowest BCUT2D eigenvalue weighted by Crippen LogP contribution is -2.48. The van der Waals surface area contributed by atoms with E-state index in [1.807, 2.05) is 0 Å². The van der Waals surface area contributed by atoms with Gasteiger partial charge in [-0.25, -0.2) is 0 Å². The highest BCUT2D eigenvalue weighted by molar-refractivity contribution is 5.91. The lowest BCUT2D eigenvalue weighted by Gasteiger charge is -2.32. The van der Waals surface area contributed by atoms with Crippen LogP contribution in [0.3, 0.4) is 0 Å². The van der Waals surface area contributed by atoms with Crippen LogP contribution in [-0.2, 0) is 14.4 Å². The molecule has 0 aliphatic rings. The van der Waals surface area contributed by atoms with Crippen LogP contribution in [0.15, 0.2) is 0 Å². The average Bonchev–Trinajstić information content (AvgIpc) is 2.32. The summed E-state index contributed by atoms with van der Waals surface area (Å²) in [5.74, 6) is -1.13. The summed E-state index contributed by atoms with van der Waals surface area (Å²) in [4.78, 5) is 35.7. The summed E-state index contributed by atoms with van der Waals surface area (Å²) in [7, 11) is 0. The standard InChI is InChI=1S/C16H29NO4/c1-10(2)12(18)8-17-14(20)15(5,6)9-16(7,21)13(19)11(3)4/h10-11,21H,8-9H2,1-7H3,(H,17,20). The van der Waals surface area contributed by atoms with Gasteiger partial charge in [0.25, 0.3) is 0 Å². The third kappa shape index (κ3) is 5.96. The monoisotopic (exact) mass is 299 g/mol. The van der Waals surface area contributed by atoms with E-state index >= 15 is 0 Å². The molecule has 0 aliphatic heterocycles. The van der Waals surface area contributed by atoms with Crippen molar-refractivity contribution < 1.29 is 19.5 Å². The third-order valence-electron chi connectivity index (χ3n) is 3.52. The van der Waals surface area contributed by atoms with Crippen LogP contribution in [0.1, 0.15) is 54.9 Å². The van der Waals surface area contributed by atoms with Crippen molar-refractivity contribution in [2.75, 3.05) is 6.54 Å². The predicted octanol–water partition coefficient (Wildman–Crippen LogP) is 1.72. The molecule has 21 heavy (non-hydrogen) atoms. The van der Waals surface area contributed by atoms with Crippen molar-refractivity contribution in [1.29, 1.82) is 0 Å². The van der Waals surface area contributed by atoms with Gasteiger partial charge in [-0.05, 0) is 13.3 Å². The molecule has 0 fully saturated rings. The van der Waals surface area contributed by atoms with Crippen LogP contribution in [0.25, 0.3) is 0 Å². The lowest BCUT2D eigenvalue weighted by molar-refractivity contribution is -0.146. The van der Waals surface area contributed by atoms with E-state index in [2.05, 4.69) is 5.32 Å². The molecule has 122 valence electrons. The number of nitrogens with one attached hydrogen (secondary N) is 1. The first kappa shape index (κ1) is 19.8. The van der Waals surface area contributed by atoms with Crippen LogP contribution in [0.2, 0.25) is 0 Å². The number of aliphatic hydroxyl groups is 1. The van der Waals surface area contributed by atoms with Crippen molar-refractivity contribution in [2.45, 2.75) is 60.5 Å². The minimum atomic E-state index is -1.56. The summed E-state index contributed by atoms with van der Waals surface area (Å²) >= 11 is 0. The molecule has 5 heteroatoms. The van der Waals surface area contributed by atoms with Crippen molar-refractivity contribution in [3.05, 3.63) is 0 Å². The summed E-state index contributed by atoms with van der Waals surface area (Å²) < 4.78 is 0. The maximum atomic E-state index is 12.2. The number of ketones is 2. The minimum absolute atomic E-state index is 0.0126. The Morgan fingerprint density at radius 3 is 1.86 bits per heavy atom. The molecule has 5 nitrogen and oxygen atoms in total. The van der Waals surface area contributed by atoms with Gasteiger partial charge in [-0.1, -0.05) is 41.5 Å². The number of Topliss-reactive ketones (excluding diaryl/α,β-unsaturated/α-hetero) is 2. The van der Waals surface area contributed by atoms with Gasteiger partial charge in [-0.3, -0.25) is 14.4 Å². The van der Waals surface area contributed by atoms with Crippen molar-refractivity contribution >= 4 is 17.5 Å². The SMILES string of the molecule is CC(C)C(=O)CNC(=O)C(C)(C)CC(C)(O)C(=O)C(C)C. The zero-order valence-electron chi connectivity index (χ0n) is 14.2. The Balaban J connectivity index is 4.78. The van der Waals surface area contributed by atoms with Crippen molar-refractivity contribution in [3.8, 4) is 0 Å². The van der Waals surface area contributed by atoms with Gasteiger partial charge in [-0.2, -0.15) is 0 Å². The average molecular weight is 299 g/mol. The molecule has 0 aromatic carbocycles. The summed E-state index contributed by atoms with van der Waals surface area (Å²) in [6, 6.07) is 0. The lowest BCUT2D eigenvalue weighted by atomic mass is 9.76. The molecule has 0 saturated heterocycles. The van der Waals surface area contributed by atoms with Crippen molar-refractivity contribution in [1.82, 2.24) is 5.32 Å². The van der Waals surface area contributed by atoms with Crippen LogP contribution >= 0.6 is 0 Å². The molecule has 0 radical (unpaired) electrons. The fourth-order valence-corrected chi connectivity index (χ4v) is 2.26. The van der Waals surface area contributed by atoms with E-state index in [0.29, 0.717) is 0 Å². The van der Waals surface area contributed by atoms with Gasteiger partial charge in [0.1, 0.15) is 5.60 Å². The first-order valence-corrected chi connectivity index (χ1v) is 7.39. The van der Waals surface area contributed by atoms with Gasteiger partial charge >= 0.3 is 0 Å². The maximum absolute atomic E-state index is 12.2. The van der Waals surface area contributed by atoms with E-state index in [4.69, 9.17) is 0 Å². The summed E-state index contributed by atoms with van der Waals surface area (Å²) in [5.41, 5.74) is -2.50. The van der Waals surface area contributed by atoms with Gasteiger partial charge in [0.05, 0.1) is 6.54 Å². The fraction of sp³-hybridized carbons (Fsp3) is 0.812. The normalized spacial score (nSPS) is 15.0. The molecular formula is C16H29NO4. The summed E-state index contributed by atoms with van der Waals surface area (Å²) in [6.07, 6.45) is 0.0126. The molecule has 1 unspecified atom stereocenters. The smallest absolute Gasteiger partial charge is 0.226 e. The minimum Gasteiger partial charge on any atom is -0.382 e. The quantitative estimate of drug-likeness (QED) is 0.715. The molecule has 0 aliphatic carbocycles. The molecule has 1 atom stereocenters. The molecule has 0 saturated carbocycles. The number of amides is 1. The molecular weight excluding hydrogens is 270 g/mol. The molecule has 0 aromatic heterocycles. The zero-order valence-corrected chi connectivity index (χ0v) is 14.2. The highest BCUT2D eigenvalue weighted by atomic mass is 16.3. The molecule has 2 N–H and O–H groups in total. The second kappa shape index (κ2) is 7.16. The fourth-order valence-electron chi connectivity index (χ4n) is 2.26. The Labute approximate surface area is 127 Å². The van der Waals surface area contributed by atoms with Gasteiger partial charge in [-0.15, -0.1) is 0 Å². The molecule has 0 spiro atoms. The Morgan fingerprint density at radius 1 is 1.00 bits per heavy atom. The van der Waals surface area contributed by atoms with Crippen LogP contribution < -0.4 is 5.32 Å². The Morgan fingerprint density at radius 2 is 1.48 bits per heavy atom. The van der Waals surface area contributed by atoms with E-state index in [-0.39, 0.29) is 42.3 Å². The molecule has 0 heterocycles. The highest BCUT2D eigenvalue weighted by Crippen LogP contribution is 2.30. The van der Waals surface area contributed by atoms with Crippen LogP contribution in [-0.4, -0.2) is 34.7 Å². The number of hydrogen-bond donors (Lipinski definition) is 2. The van der Waals surface area contributed by atoms with Crippen molar-refractivity contribution in [3.63, 3.8) is 0 Å². The largest absolute Gasteiger partial charge is 0.382 e. The molecule has 0 rings (SSSR count). The number of hydrogen-bond acceptors (Lipinski definition) is 4. The Hall–Kier alpha value is -1.23. The maximum Gasteiger partial charge on any atom is 0.226 e. The summed E-state index contributed by atoms with van der Waals surface area (Å²) in [6.45, 7) is 11.7. The van der Waals surface area contributed by atoms with E-state index < -0.39 is 11.0 Å². The highest BCUT2D eigenvalue weighted by Gasteiger charge is 2.41. The van der Waals surface area contributed by atoms with Gasteiger partial charge in [0.2, 0.25) is 5.91 Å². The predicted molar refractivity (Wildman–Crippen MR) is 81.7 cm³/mol. The van der Waals surface area contributed by atoms with Crippen molar-refractivity contribution in [2.24, 2.45) is 17.3 Å². The number of carbonyl (C=O) groups is 3. The molecule has 1 amide bonds. The van der Waals surface area contributed by atoms with Gasteiger partial charge < -0.3 is 10.4 Å². The van der Waals surface area contributed by atoms with Crippen LogP contribution in [0.4, 0.5) is 0 Å². The molecule has 0 bridgehead atoms. The van der Waals surface area contributed by atoms with E-state index in [1.54, 1.807) is 41.5 Å². The van der Waals surface area contributed by atoms with Crippen LogP contribution in [0, 0.1) is 17.3 Å². The topological polar surface area (TPSA) is 83.5 Å². The number of carbonyl (C=O) groups excluding carboxylic acids is 3. The van der Waals surface area contributed by atoms with Gasteiger partial charge in [0.15, 0.2) is 11.6 Å². The Kier molecular flexibility index (Phi) is 6.74. The van der Waals surface area contributed by atoms with E-state index in [1.165, 1.54) is 6.92 Å². The number of rotatable bonds is 8. The first-order chi connectivity index (χ1) is 9.31. The van der Waals surface area contributed by atoms with Crippen LogP contribution in [0.5, 0.6) is 0 Å². The molecule has 0 aromatic rings. The zero-order chi connectivity index (χ0) is 17.0. The van der Waals surface area contributed by atoms with Gasteiger partial charge in [0, 0.05) is 17.3 Å². The Bertz CT molecular complexity index is 409. The first-order valence-electron chi connectivity index (χ1n) is 7.39. The third-order valence-corrected chi connectivity index (χ3v) is 3.52.